The van der Waals surface area contributed by atoms with Gasteiger partial charge in [0.1, 0.15) is 0 Å². The van der Waals surface area contributed by atoms with Gasteiger partial charge < -0.3 is 16.0 Å². The zero-order chi connectivity index (χ0) is 14.3. The quantitative estimate of drug-likeness (QED) is 0.738. The van der Waals surface area contributed by atoms with Crippen LogP contribution in [0.5, 0.6) is 0 Å². The molecule has 3 N–H and O–H groups in total. The Morgan fingerprint density at radius 2 is 2.00 bits per heavy atom. The lowest BCUT2D eigenvalue weighted by molar-refractivity contribution is -0.127. The van der Waals surface area contributed by atoms with Gasteiger partial charge in [-0.3, -0.25) is 4.79 Å². The van der Waals surface area contributed by atoms with Gasteiger partial charge in [0, 0.05) is 25.7 Å². The second kappa shape index (κ2) is 8.54. The summed E-state index contributed by atoms with van der Waals surface area (Å²) in [6.45, 7) is 10.2. The van der Waals surface area contributed by atoms with Crippen molar-refractivity contribution in [1.29, 1.82) is 0 Å². The molecule has 4 heteroatoms. The lowest BCUT2D eigenvalue weighted by Crippen LogP contribution is -2.48. The van der Waals surface area contributed by atoms with Crippen LogP contribution in [0.1, 0.15) is 46.5 Å². The maximum Gasteiger partial charge on any atom is 0.224 e. The molecule has 1 amide bonds. The molecule has 0 radical (unpaired) electrons. The first-order valence-corrected chi connectivity index (χ1v) is 7.81. The summed E-state index contributed by atoms with van der Waals surface area (Å²) in [5.41, 5.74) is 5.69. The molecule has 1 atom stereocenters. The zero-order valence-electron chi connectivity index (χ0n) is 12.8. The highest BCUT2D eigenvalue weighted by Gasteiger charge is 2.25. The Morgan fingerprint density at radius 1 is 1.37 bits per heavy atom. The van der Waals surface area contributed by atoms with E-state index in [9.17, 15) is 4.79 Å². The predicted octanol–water partition coefficient (Wildman–Crippen LogP) is 1.60. The van der Waals surface area contributed by atoms with Gasteiger partial charge >= 0.3 is 0 Å². The van der Waals surface area contributed by atoms with Crippen LogP contribution in [-0.2, 0) is 4.79 Å². The normalized spacial score (nSPS) is 19.6. The predicted molar refractivity (Wildman–Crippen MR) is 79.9 cm³/mol. The summed E-state index contributed by atoms with van der Waals surface area (Å²) in [7, 11) is 0. The molecule has 1 heterocycles. The smallest absolute Gasteiger partial charge is 0.224 e. The lowest BCUT2D eigenvalue weighted by Gasteiger charge is -2.33. The van der Waals surface area contributed by atoms with Crippen LogP contribution in [-0.4, -0.2) is 43.0 Å². The van der Waals surface area contributed by atoms with Crippen LogP contribution in [0.4, 0.5) is 0 Å². The van der Waals surface area contributed by atoms with E-state index in [0.717, 1.165) is 25.9 Å². The standard InChI is InChI=1S/C15H31N3O/c1-4-5-8-18-9-6-13(7-10-18)17-15(19)14(11-16)12(2)3/h12-14H,4-11,16H2,1-3H3,(H,17,19). The summed E-state index contributed by atoms with van der Waals surface area (Å²) in [4.78, 5) is 14.6. The molecule has 0 aliphatic carbocycles. The van der Waals surface area contributed by atoms with E-state index in [2.05, 4.69) is 31.0 Å². The third-order valence-corrected chi connectivity index (χ3v) is 4.16. The average Bonchev–Trinajstić information content (AvgIpc) is 2.38. The van der Waals surface area contributed by atoms with Gasteiger partial charge in [-0.1, -0.05) is 27.2 Å². The molecule has 0 aromatic rings. The molecule has 1 unspecified atom stereocenters. The van der Waals surface area contributed by atoms with Crippen molar-refractivity contribution in [3.05, 3.63) is 0 Å². The van der Waals surface area contributed by atoms with Crippen LogP contribution in [0.3, 0.4) is 0 Å². The number of carbonyl (C=O) groups excluding carboxylic acids is 1. The van der Waals surface area contributed by atoms with Gasteiger partial charge in [0.05, 0.1) is 5.92 Å². The van der Waals surface area contributed by atoms with E-state index < -0.39 is 0 Å². The summed E-state index contributed by atoms with van der Waals surface area (Å²) in [5, 5.41) is 3.18. The summed E-state index contributed by atoms with van der Waals surface area (Å²) >= 11 is 0. The Morgan fingerprint density at radius 3 is 2.47 bits per heavy atom. The first-order chi connectivity index (χ1) is 9.08. The van der Waals surface area contributed by atoms with Crippen LogP contribution in [0.15, 0.2) is 0 Å². The summed E-state index contributed by atoms with van der Waals surface area (Å²) in [6, 6.07) is 0.346. The Bertz CT molecular complexity index is 260. The highest BCUT2D eigenvalue weighted by molar-refractivity contribution is 5.79. The highest BCUT2D eigenvalue weighted by atomic mass is 16.2. The van der Waals surface area contributed by atoms with Gasteiger partial charge in [-0.25, -0.2) is 0 Å². The van der Waals surface area contributed by atoms with Gasteiger partial charge in [-0.05, 0) is 31.7 Å². The minimum absolute atomic E-state index is 0.0434. The molecule has 1 aliphatic heterocycles. The van der Waals surface area contributed by atoms with Gasteiger partial charge in [0.25, 0.3) is 0 Å². The van der Waals surface area contributed by atoms with Gasteiger partial charge in [0.15, 0.2) is 0 Å². The number of nitrogens with two attached hydrogens (primary N) is 1. The first-order valence-electron chi connectivity index (χ1n) is 7.81. The Kier molecular flexibility index (Phi) is 7.39. The zero-order valence-corrected chi connectivity index (χ0v) is 12.8. The fourth-order valence-electron chi connectivity index (χ4n) is 2.67. The Labute approximate surface area is 118 Å². The molecule has 1 saturated heterocycles. The fourth-order valence-corrected chi connectivity index (χ4v) is 2.67. The van der Waals surface area contributed by atoms with Crippen molar-refractivity contribution in [2.75, 3.05) is 26.2 Å². The van der Waals surface area contributed by atoms with Gasteiger partial charge in [-0.15, -0.1) is 0 Å². The first kappa shape index (κ1) is 16.4. The van der Waals surface area contributed by atoms with E-state index in [-0.39, 0.29) is 11.8 Å². The van der Waals surface area contributed by atoms with Crippen LogP contribution in [0.2, 0.25) is 0 Å². The molecule has 0 saturated carbocycles. The van der Waals surface area contributed by atoms with E-state index in [1.54, 1.807) is 0 Å². The van der Waals surface area contributed by atoms with Gasteiger partial charge in [0.2, 0.25) is 5.91 Å². The van der Waals surface area contributed by atoms with Crippen LogP contribution in [0.25, 0.3) is 0 Å². The SMILES string of the molecule is CCCCN1CCC(NC(=O)C(CN)C(C)C)CC1. The lowest BCUT2D eigenvalue weighted by atomic mass is 9.94. The van der Waals surface area contributed by atoms with Crippen molar-refractivity contribution in [2.45, 2.75) is 52.5 Å². The number of hydrogen-bond donors (Lipinski definition) is 2. The minimum Gasteiger partial charge on any atom is -0.353 e. The molecule has 1 rings (SSSR count). The van der Waals surface area contributed by atoms with E-state index in [1.165, 1.54) is 19.4 Å². The van der Waals surface area contributed by atoms with Crippen molar-refractivity contribution in [2.24, 2.45) is 17.6 Å². The number of amides is 1. The number of hydrogen-bond acceptors (Lipinski definition) is 3. The fraction of sp³-hybridized carbons (Fsp3) is 0.933. The van der Waals surface area contributed by atoms with Crippen LogP contribution in [0, 0.1) is 11.8 Å². The van der Waals surface area contributed by atoms with Crippen molar-refractivity contribution in [1.82, 2.24) is 10.2 Å². The number of rotatable bonds is 7. The summed E-state index contributed by atoms with van der Waals surface area (Å²) in [5.74, 6) is 0.414. The topological polar surface area (TPSA) is 58.4 Å². The third kappa shape index (κ3) is 5.49. The molecule has 1 aliphatic rings. The molecule has 0 aromatic heterocycles. The molecule has 0 aromatic carbocycles. The summed E-state index contributed by atoms with van der Waals surface area (Å²) in [6.07, 6.45) is 4.68. The highest BCUT2D eigenvalue weighted by Crippen LogP contribution is 2.14. The second-order valence-corrected chi connectivity index (χ2v) is 6.06. The third-order valence-electron chi connectivity index (χ3n) is 4.16. The molecule has 19 heavy (non-hydrogen) atoms. The minimum atomic E-state index is -0.0434. The Hall–Kier alpha value is -0.610. The van der Waals surface area contributed by atoms with Crippen molar-refractivity contribution in [3.8, 4) is 0 Å². The second-order valence-electron chi connectivity index (χ2n) is 6.06. The molecule has 112 valence electrons. The monoisotopic (exact) mass is 269 g/mol. The number of nitrogens with zero attached hydrogens (tertiary/aromatic N) is 1. The van der Waals surface area contributed by atoms with Crippen LogP contribution >= 0.6 is 0 Å². The van der Waals surface area contributed by atoms with E-state index >= 15 is 0 Å². The maximum absolute atomic E-state index is 12.1. The molecule has 0 spiro atoms. The van der Waals surface area contributed by atoms with E-state index in [1.807, 2.05) is 0 Å². The van der Waals surface area contributed by atoms with E-state index in [4.69, 9.17) is 5.73 Å². The number of unbranched alkanes of at least 4 members (excludes halogenated alkanes) is 1. The molecule has 1 fully saturated rings. The van der Waals surface area contributed by atoms with Gasteiger partial charge in [-0.2, -0.15) is 0 Å². The number of likely N-dealkylation sites (tertiary alicyclic amines) is 1. The average molecular weight is 269 g/mol. The molecule has 0 bridgehead atoms. The van der Waals surface area contributed by atoms with Crippen LogP contribution < -0.4 is 11.1 Å². The number of carbonyl (C=O) groups is 1. The molecule has 4 nitrogen and oxygen atoms in total. The number of nitrogens with one attached hydrogen (secondary N) is 1. The Balaban J connectivity index is 2.30. The summed E-state index contributed by atoms with van der Waals surface area (Å²) < 4.78 is 0. The van der Waals surface area contributed by atoms with E-state index in [0.29, 0.717) is 18.5 Å². The molecular formula is C15H31N3O. The maximum atomic E-state index is 12.1. The van der Waals surface area contributed by atoms with Crippen molar-refractivity contribution >= 4 is 5.91 Å². The molecular weight excluding hydrogens is 238 g/mol. The number of piperidine rings is 1. The van der Waals surface area contributed by atoms with Crippen molar-refractivity contribution < 1.29 is 4.79 Å². The largest absolute Gasteiger partial charge is 0.353 e. The van der Waals surface area contributed by atoms with Crippen molar-refractivity contribution in [3.63, 3.8) is 0 Å².